The Kier molecular flexibility index (Phi) is 2.20. The van der Waals surface area contributed by atoms with Gasteiger partial charge in [0.2, 0.25) is 6.79 Å². The van der Waals surface area contributed by atoms with E-state index < -0.39 is 0 Å². The minimum absolute atomic E-state index is 0.0369. The van der Waals surface area contributed by atoms with E-state index in [9.17, 15) is 4.79 Å². The smallest absolute Gasteiger partial charge is 0.251 e. The first kappa shape index (κ1) is 9.51. The highest BCUT2D eigenvalue weighted by Crippen LogP contribution is 2.32. The summed E-state index contributed by atoms with van der Waals surface area (Å²) in [5, 5.41) is 2.92. The molecule has 0 atom stereocenters. The third-order valence-corrected chi connectivity index (χ3v) is 2.88. The van der Waals surface area contributed by atoms with Crippen LogP contribution in [-0.2, 0) is 0 Å². The predicted molar refractivity (Wildman–Crippen MR) is 57.6 cm³/mol. The fourth-order valence-electron chi connectivity index (χ4n) is 1.70. The molecule has 4 nitrogen and oxygen atoms in total. The molecule has 4 heteroatoms. The summed E-state index contributed by atoms with van der Waals surface area (Å²) < 4.78 is 10.4. The molecule has 16 heavy (non-hydrogen) atoms. The number of hydrogen-bond donors (Lipinski definition) is 1. The van der Waals surface area contributed by atoms with Gasteiger partial charge in [-0.25, -0.2) is 0 Å². The molecule has 1 aromatic carbocycles. The molecule has 1 aromatic rings. The van der Waals surface area contributed by atoms with E-state index in [2.05, 4.69) is 5.32 Å². The summed E-state index contributed by atoms with van der Waals surface area (Å²) in [6, 6.07) is 5.26. The zero-order chi connectivity index (χ0) is 11.0. The number of amides is 1. The Labute approximate surface area is 93.5 Å². The van der Waals surface area contributed by atoms with Gasteiger partial charge in [-0.3, -0.25) is 4.79 Å². The summed E-state index contributed by atoms with van der Waals surface area (Å²) >= 11 is 0. The van der Waals surface area contributed by atoms with Gasteiger partial charge < -0.3 is 14.8 Å². The van der Waals surface area contributed by atoms with Crippen LogP contribution in [0.1, 0.15) is 23.2 Å². The number of carbonyl (C=O) groups excluding carboxylic acids is 1. The highest BCUT2D eigenvalue weighted by atomic mass is 16.7. The molecular formula is C12H13NO3. The summed E-state index contributed by atoms with van der Waals surface area (Å²) in [4.78, 5) is 11.8. The average Bonchev–Trinajstić information content (AvgIpc) is 3.01. The van der Waals surface area contributed by atoms with Gasteiger partial charge in [0.1, 0.15) is 0 Å². The Bertz CT molecular complexity index is 426. The van der Waals surface area contributed by atoms with Crippen molar-refractivity contribution in [3.8, 4) is 11.5 Å². The van der Waals surface area contributed by atoms with Crippen molar-refractivity contribution < 1.29 is 14.3 Å². The van der Waals surface area contributed by atoms with Gasteiger partial charge in [-0.2, -0.15) is 0 Å². The van der Waals surface area contributed by atoms with Crippen LogP contribution in [0.5, 0.6) is 11.5 Å². The third-order valence-electron chi connectivity index (χ3n) is 2.88. The Morgan fingerprint density at radius 1 is 1.31 bits per heavy atom. The Morgan fingerprint density at radius 3 is 2.94 bits per heavy atom. The Morgan fingerprint density at radius 2 is 2.12 bits per heavy atom. The molecule has 1 heterocycles. The second-order valence-electron chi connectivity index (χ2n) is 4.22. The highest BCUT2D eigenvalue weighted by molar-refractivity contribution is 5.94. The highest BCUT2D eigenvalue weighted by Gasteiger charge is 2.22. The molecule has 1 saturated carbocycles. The van der Waals surface area contributed by atoms with Crippen LogP contribution >= 0.6 is 0 Å². The lowest BCUT2D eigenvalue weighted by atomic mass is 10.2. The molecule has 2 aliphatic rings. The number of benzene rings is 1. The van der Waals surface area contributed by atoms with Gasteiger partial charge in [0.25, 0.3) is 5.91 Å². The number of nitrogens with one attached hydrogen (secondary N) is 1. The van der Waals surface area contributed by atoms with E-state index in [1.54, 1.807) is 18.2 Å². The molecule has 0 bridgehead atoms. The fraction of sp³-hybridized carbons (Fsp3) is 0.417. The Balaban J connectivity index is 1.70. The van der Waals surface area contributed by atoms with Crippen LogP contribution in [0.25, 0.3) is 0 Å². The van der Waals surface area contributed by atoms with Gasteiger partial charge >= 0.3 is 0 Å². The van der Waals surface area contributed by atoms with Crippen molar-refractivity contribution in [2.75, 3.05) is 13.3 Å². The van der Waals surface area contributed by atoms with Gasteiger partial charge in [-0.1, -0.05) is 0 Å². The summed E-state index contributed by atoms with van der Waals surface area (Å²) in [5.74, 6) is 2.01. The van der Waals surface area contributed by atoms with Crippen LogP contribution in [0, 0.1) is 5.92 Å². The number of fused-ring (bicyclic) bond motifs is 1. The van der Waals surface area contributed by atoms with E-state index in [4.69, 9.17) is 9.47 Å². The number of hydrogen-bond acceptors (Lipinski definition) is 3. The SMILES string of the molecule is O=C(NCC1CC1)c1ccc2c(c1)OCO2. The van der Waals surface area contributed by atoms with E-state index in [0.29, 0.717) is 23.0 Å². The maximum Gasteiger partial charge on any atom is 0.251 e. The topological polar surface area (TPSA) is 47.6 Å². The molecule has 1 fully saturated rings. The van der Waals surface area contributed by atoms with Crippen LogP contribution in [-0.4, -0.2) is 19.2 Å². The van der Waals surface area contributed by atoms with Crippen molar-refractivity contribution in [2.45, 2.75) is 12.8 Å². The molecule has 1 N–H and O–H groups in total. The zero-order valence-corrected chi connectivity index (χ0v) is 8.86. The summed E-state index contributed by atoms with van der Waals surface area (Å²) in [5.41, 5.74) is 0.630. The molecule has 0 radical (unpaired) electrons. The van der Waals surface area contributed by atoms with Crippen molar-refractivity contribution in [1.29, 1.82) is 0 Å². The van der Waals surface area contributed by atoms with Crippen molar-refractivity contribution in [3.05, 3.63) is 23.8 Å². The molecule has 0 saturated heterocycles. The number of rotatable bonds is 3. The second-order valence-corrected chi connectivity index (χ2v) is 4.22. The molecule has 1 aliphatic heterocycles. The van der Waals surface area contributed by atoms with E-state index in [-0.39, 0.29) is 12.7 Å². The Hall–Kier alpha value is -1.71. The minimum Gasteiger partial charge on any atom is -0.454 e. The van der Waals surface area contributed by atoms with Crippen molar-refractivity contribution in [1.82, 2.24) is 5.32 Å². The van der Waals surface area contributed by atoms with Crippen LogP contribution in [0.4, 0.5) is 0 Å². The van der Waals surface area contributed by atoms with Crippen molar-refractivity contribution in [3.63, 3.8) is 0 Å². The van der Waals surface area contributed by atoms with Crippen LogP contribution < -0.4 is 14.8 Å². The molecule has 0 spiro atoms. The molecule has 1 aliphatic carbocycles. The van der Waals surface area contributed by atoms with E-state index >= 15 is 0 Å². The number of ether oxygens (including phenoxy) is 2. The van der Waals surface area contributed by atoms with Crippen LogP contribution in [0.2, 0.25) is 0 Å². The second kappa shape index (κ2) is 3.70. The van der Waals surface area contributed by atoms with E-state index in [1.807, 2.05) is 0 Å². The average molecular weight is 219 g/mol. The molecule has 0 unspecified atom stereocenters. The van der Waals surface area contributed by atoms with E-state index in [0.717, 1.165) is 6.54 Å². The lowest BCUT2D eigenvalue weighted by Gasteiger charge is -2.04. The summed E-state index contributed by atoms with van der Waals surface area (Å²) in [6.45, 7) is 1.02. The molecule has 1 amide bonds. The lowest BCUT2D eigenvalue weighted by Crippen LogP contribution is -2.25. The largest absolute Gasteiger partial charge is 0.454 e. The molecule has 0 aromatic heterocycles. The van der Waals surface area contributed by atoms with Gasteiger partial charge in [0.15, 0.2) is 11.5 Å². The third kappa shape index (κ3) is 1.83. The summed E-state index contributed by atoms with van der Waals surface area (Å²) in [6.07, 6.45) is 2.48. The standard InChI is InChI=1S/C12H13NO3/c14-12(13-6-8-1-2-8)9-3-4-10-11(5-9)16-7-15-10/h3-5,8H,1-2,6-7H2,(H,13,14). The van der Waals surface area contributed by atoms with E-state index in [1.165, 1.54) is 12.8 Å². The lowest BCUT2D eigenvalue weighted by molar-refractivity contribution is 0.0951. The van der Waals surface area contributed by atoms with Crippen LogP contribution in [0.3, 0.4) is 0 Å². The minimum atomic E-state index is -0.0369. The molecular weight excluding hydrogens is 206 g/mol. The molecule has 3 rings (SSSR count). The van der Waals surface area contributed by atoms with Gasteiger partial charge in [0.05, 0.1) is 0 Å². The predicted octanol–water partition coefficient (Wildman–Crippen LogP) is 1.56. The summed E-state index contributed by atoms with van der Waals surface area (Å²) in [7, 11) is 0. The van der Waals surface area contributed by atoms with Gasteiger partial charge in [-0.05, 0) is 37.0 Å². The first-order valence-electron chi connectivity index (χ1n) is 5.51. The quantitative estimate of drug-likeness (QED) is 0.839. The zero-order valence-electron chi connectivity index (χ0n) is 8.86. The van der Waals surface area contributed by atoms with Gasteiger partial charge in [-0.15, -0.1) is 0 Å². The first-order chi connectivity index (χ1) is 7.83. The van der Waals surface area contributed by atoms with Gasteiger partial charge in [0, 0.05) is 12.1 Å². The van der Waals surface area contributed by atoms with Crippen molar-refractivity contribution >= 4 is 5.91 Å². The first-order valence-corrected chi connectivity index (χ1v) is 5.51. The monoisotopic (exact) mass is 219 g/mol. The number of carbonyl (C=O) groups is 1. The maximum absolute atomic E-state index is 11.8. The van der Waals surface area contributed by atoms with Crippen LogP contribution in [0.15, 0.2) is 18.2 Å². The molecule has 84 valence electrons. The maximum atomic E-state index is 11.8. The fourth-order valence-corrected chi connectivity index (χ4v) is 1.70. The van der Waals surface area contributed by atoms with Crippen molar-refractivity contribution in [2.24, 2.45) is 5.92 Å². The normalized spacial score (nSPS) is 17.2.